The second-order valence-electron chi connectivity index (χ2n) is 5.74. The van der Waals surface area contributed by atoms with Crippen LogP contribution in [0.3, 0.4) is 0 Å². The molecule has 0 spiro atoms. The van der Waals surface area contributed by atoms with E-state index < -0.39 is 0 Å². The number of nitrogens with one attached hydrogen (secondary N) is 3. The molecule has 1 aliphatic heterocycles. The van der Waals surface area contributed by atoms with Crippen molar-refractivity contribution < 1.29 is 18.7 Å². The lowest BCUT2D eigenvalue weighted by molar-refractivity contribution is -0.124. The molecule has 3 N–H and O–H groups in total. The van der Waals surface area contributed by atoms with Gasteiger partial charge >= 0.3 is 6.03 Å². The van der Waals surface area contributed by atoms with Crippen LogP contribution in [0.15, 0.2) is 29.3 Å². The fraction of sp³-hybridized carbons (Fsp3) is 0.471. The predicted octanol–water partition coefficient (Wildman–Crippen LogP) is 1.32. The predicted molar refractivity (Wildman–Crippen MR) is 111 cm³/mol. The number of guanidine groups is 1. The van der Waals surface area contributed by atoms with E-state index in [0.29, 0.717) is 31.3 Å². The Bertz CT molecular complexity index is 658. The molecule has 0 bridgehead atoms. The molecular formula is C17H25FIN5O3. The van der Waals surface area contributed by atoms with Gasteiger partial charge in [0.15, 0.2) is 5.96 Å². The van der Waals surface area contributed by atoms with Crippen LogP contribution in [-0.4, -0.2) is 61.6 Å². The van der Waals surface area contributed by atoms with Gasteiger partial charge in [-0.3, -0.25) is 9.69 Å². The molecule has 2 rings (SSSR count). The van der Waals surface area contributed by atoms with Crippen molar-refractivity contribution in [3.05, 3.63) is 30.1 Å². The van der Waals surface area contributed by atoms with E-state index in [9.17, 15) is 14.0 Å². The zero-order chi connectivity index (χ0) is 18.9. The average Bonchev–Trinajstić information content (AvgIpc) is 2.91. The van der Waals surface area contributed by atoms with Gasteiger partial charge in [-0.2, -0.15) is 0 Å². The van der Waals surface area contributed by atoms with Gasteiger partial charge in [-0.05, 0) is 26.0 Å². The highest BCUT2D eigenvalue weighted by molar-refractivity contribution is 14.0. The maximum absolute atomic E-state index is 13.2. The molecule has 1 aromatic rings. The highest BCUT2D eigenvalue weighted by Gasteiger charge is 2.27. The molecule has 0 saturated carbocycles. The van der Waals surface area contributed by atoms with Crippen LogP contribution in [0.25, 0.3) is 0 Å². The van der Waals surface area contributed by atoms with Crippen LogP contribution in [0.4, 0.5) is 9.18 Å². The van der Waals surface area contributed by atoms with Crippen LogP contribution < -0.4 is 20.7 Å². The van der Waals surface area contributed by atoms with E-state index in [-0.39, 0.29) is 60.9 Å². The molecule has 1 aliphatic rings. The van der Waals surface area contributed by atoms with Gasteiger partial charge in [0.25, 0.3) is 0 Å². The van der Waals surface area contributed by atoms with Gasteiger partial charge in [-0.1, -0.05) is 6.07 Å². The van der Waals surface area contributed by atoms with Crippen molar-refractivity contribution in [3.8, 4) is 5.75 Å². The third-order valence-electron chi connectivity index (χ3n) is 3.55. The molecule has 0 radical (unpaired) electrons. The van der Waals surface area contributed by atoms with Crippen molar-refractivity contribution in [2.45, 2.75) is 20.0 Å². The number of carbonyl (C=O) groups excluding carboxylic acids is 2. The number of halogens is 2. The summed E-state index contributed by atoms with van der Waals surface area (Å²) in [6, 6.07) is 5.57. The van der Waals surface area contributed by atoms with Crippen LogP contribution in [-0.2, 0) is 4.79 Å². The highest BCUT2D eigenvalue weighted by Crippen LogP contribution is 2.13. The normalized spacial score (nSPS) is 15.1. The van der Waals surface area contributed by atoms with Crippen molar-refractivity contribution in [1.82, 2.24) is 20.9 Å². The van der Waals surface area contributed by atoms with E-state index in [1.165, 1.54) is 12.1 Å². The molecule has 27 heavy (non-hydrogen) atoms. The van der Waals surface area contributed by atoms with Crippen molar-refractivity contribution in [2.75, 3.05) is 32.7 Å². The van der Waals surface area contributed by atoms with Crippen molar-refractivity contribution in [3.63, 3.8) is 0 Å². The summed E-state index contributed by atoms with van der Waals surface area (Å²) in [6.45, 7) is 5.46. The zero-order valence-electron chi connectivity index (χ0n) is 15.3. The number of urea groups is 1. The van der Waals surface area contributed by atoms with E-state index >= 15 is 0 Å². The second-order valence-corrected chi connectivity index (χ2v) is 5.74. The van der Waals surface area contributed by atoms with Crippen LogP contribution in [0, 0.1) is 5.82 Å². The van der Waals surface area contributed by atoms with Gasteiger partial charge in [-0.15, -0.1) is 24.0 Å². The smallest absolute Gasteiger partial charge is 0.324 e. The Morgan fingerprint density at radius 3 is 2.81 bits per heavy atom. The summed E-state index contributed by atoms with van der Waals surface area (Å²) in [4.78, 5) is 28.6. The van der Waals surface area contributed by atoms with E-state index in [4.69, 9.17) is 4.74 Å². The molecule has 0 aromatic heterocycles. The molecule has 1 fully saturated rings. The number of rotatable bonds is 8. The summed E-state index contributed by atoms with van der Waals surface area (Å²) >= 11 is 0. The molecule has 3 amide bonds. The molecule has 0 aliphatic carbocycles. The lowest BCUT2D eigenvalue weighted by Gasteiger charge is -2.17. The summed E-state index contributed by atoms with van der Waals surface area (Å²) in [5.41, 5.74) is 0. The Kier molecular flexibility index (Phi) is 9.83. The van der Waals surface area contributed by atoms with Crippen molar-refractivity contribution in [2.24, 2.45) is 4.99 Å². The summed E-state index contributed by atoms with van der Waals surface area (Å²) in [7, 11) is 0. The number of amides is 3. The van der Waals surface area contributed by atoms with Crippen LogP contribution in [0.2, 0.25) is 0 Å². The summed E-state index contributed by atoms with van der Waals surface area (Å²) in [5.74, 6) is 0.406. The third kappa shape index (κ3) is 7.57. The number of nitrogens with zero attached hydrogens (tertiary/aromatic N) is 2. The number of ether oxygens (including phenoxy) is 1. The number of benzene rings is 1. The monoisotopic (exact) mass is 493 g/mol. The van der Waals surface area contributed by atoms with E-state index in [2.05, 4.69) is 20.9 Å². The first-order chi connectivity index (χ1) is 12.5. The molecule has 8 nitrogen and oxygen atoms in total. The molecule has 150 valence electrons. The van der Waals surface area contributed by atoms with Gasteiger partial charge < -0.3 is 20.7 Å². The lowest BCUT2D eigenvalue weighted by Crippen LogP contribution is -2.43. The summed E-state index contributed by atoms with van der Waals surface area (Å²) in [6.07, 6.45) is -0.252. The average molecular weight is 493 g/mol. The number of hydrogen-bond acceptors (Lipinski definition) is 4. The second kappa shape index (κ2) is 11.6. The zero-order valence-corrected chi connectivity index (χ0v) is 17.7. The molecule has 1 aromatic carbocycles. The fourth-order valence-electron chi connectivity index (χ4n) is 2.34. The molecule has 1 unspecified atom stereocenters. The molecule has 1 heterocycles. The molecule has 10 heteroatoms. The molecule has 1 saturated heterocycles. The largest absolute Gasteiger partial charge is 0.489 e. The van der Waals surface area contributed by atoms with Crippen LogP contribution in [0.1, 0.15) is 13.8 Å². The van der Waals surface area contributed by atoms with Gasteiger partial charge in [0.1, 0.15) is 17.7 Å². The minimum Gasteiger partial charge on any atom is -0.489 e. The number of hydrogen-bond donors (Lipinski definition) is 3. The number of imide groups is 1. The van der Waals surface area contributed by atoms with E-state index in [1.54, 1.807) is 12.1 Å². The van der Waals surface area contributed by atoms with Crippen molar-refractivity contribution in [1.29, 1.82) is 0 Å². The van der Waals surface area contributed by atoms with Crippen LogP contribution >= 0.6 is 24.0 Å². The summed E-state index contributed by atoms with van der Waals surface area (Å²) < 4.78 is 18.8. The van der Waals surface area contributed by atoms with Gasteiger partial charge in [0.05, 0.1) is 13.1 Å². The van der Waals surface area contributed by atoms with Gasteiger partial charge in [0, 0.05) is 25.7 Å². The Hall–Kier alpha value is -2.11. The topological polar surface area (TPSA) is 95.1 Å². The first-order valence-electron chi connectivity index (χ1n) is 8.52. The van der Waals surface area contributed by atoms with Crippen molar-refractivity contribution >= 4 is 41.9 Å². The minimum absolute atomic E-state index is 0. The SMILES string of the molecule is CCNC(=NCC(C)Oc1cccc(F)c1)NCCN1C(=O)CNC1=O.I. The van der Waals surface area contributed by atoms with E-state index in [1.807, 2.05) is 13.8 Å². The highest BCUT2D eigenvalue weighted by atomic mass is 127. The van der Waals surface area contributed by atoms with Crippen LogP contribution in [0.5, 0.6) is 5.75 Å². The Morgan fingerprint density at radius 1 is 1.41 bits per heavy atom. The lowest BCUT2D eigenvalue weighted by atomic mass is 10.3. The molecular weight excluding hydrogens is 468 g/mol. The molecule has 1 atom stereocenters. The first kappa shape index (κ1) is 22.9. The maximum Gasteiger partial charge on any atom is 0.324 e. The van der Waals surface area contributed by atoms with E-state index in [0.717, 1.165) is 4.90 Å². The number of carbonyl (C=O) groups is 2. The quantitative estimate of drug-likeness (QED) is 0.220. The fourth-order valence-corrected chi connectivity index (χ4v) is 2.34. The first-order valence-corrected chi connectivity index (χ1v) is 8.52. The van der Waals surface area contributed by atoms with Gasteiger partial charge in [0.2, 0.25) is 5.91 Å². The maximum atomic E-state index is 13.2. The Balaban J connectivity index is 0.00000364. The number of aliphatic imine (C=N–C) groups is 1. The standard InChI is InChI=1S/C17H24FN5O3.HI/c1-3-19-16(20-7-8-23-15(24)11-22-17(23)25)21-10-12(2)26-14-6-4-5-13(18)9-14;/h4-6,9,12H,3,7-8,10-11H2,1-2H3,(H,22,25)(H2,19,20,21);1H. The third-order valence-corrected chi connectivity index (χ3v) is 3.55. The minimum atomic E-state index is -0.379. The Labute approximate surface area is 174 Å². The Morgan fingerprint density at radius 2 is 2.19 bits per heavy atom. The van der Waals surface area contributed by atoms with Gasteiger partial charge in [-0.25, -0.2) is 14.2 Å². The summed E-state index contributed by atoms with van der Waals surface area (Å²) in [5, 5.41) is 8.61.